The van der Waals surface area contributed by atoms with Crippen LogP contribution in [0.3, 0.4) is 0 Å². The zero-order valence-corrected chi connectivity index (χ0v) is 26.6. The first kappa shape index (κ1) is 30.4. The third-order valence-corrected chi connectivity index (χ3v) is 10.1. The maximum absolute atomic E-state index is 14.2. The molecule has 46 heavy (non-hydrogen) atoms. The molecule has 0 saturated heterocycles. The summed E-state index contributed by atoms with van der Waals surface area (Å²) in [4.78, 5) is 27.4. The smallest absolute Gasteiger partial charge is 0.275 e. The Morgan fingerprint density at radius 2 is 1.43 bits per heavy atom. The molecule has 0 aliphatic heterocycles. The fourth-order valence-electron chi connectivity index (χ4n) is 8.04. The van der Waals surface area contributed by atoms with E-state index in [1.54, 1.807) is 12.1 Å². The number of aromatic nitrogens is 1. The number of ether oxygens (including phenoxy) is 2. The lowest BCUT2D eigenvalue weighted by atomic mass is 9.49. The van der Waals surface area contributed by atoms with Gasteiger partial charge in [-0.1, -0.05) is 77.4 Å². The minimum absolute atomic E-state index is 0.0180. The molecule has 1 heterocycles. The molecule has 4 aliphatic rings. The zero-order chi connectivity index (χ0) is 31.7. The molecule has 0 atom stereocenters. The normalized spacial score (nSPS) is 22.8. The van der Waals surface area contributed by atoms with Gasteiger partial charge in [0.05, 0.1) is 16.0 Å². The first-order chi connectivity index (χ1) is 22.4. The molecule has 4 saturated carbocycles. The van der Waals surface area contributed by atoms with Gasteiger partial charge in [0.25, 0.3) is 5.91 Å². The molecule has 2 amide bonds. The maximum atomic E-state index is 14.2. The summed E-state index contributed by atoms with van der Waals surface area (Å²) in [7, 11) is 0. The molecule has 3 aromatic carbocycles. The van der Waals surface area contributed by atoms with E-state index < -0.39 is 11.3 Å². The second kappa shape index (κ2) is 12.8. The largest absolute Gasteiger partial charge is 0.488 e. The molecule has 9 heteroatoms. The van der Waals surface area contributed by atoms with Crippen LogP contribution in [0.25, 0.3) is 11.3 Å². The van der Waals surface area contributed by atoms with Crippen LogP contribution in [0.15, 0.2) is 77.3 Å². The molecule has 4 bridgehead atoms. The first-order valence-corrected chi connectivity index (χ1v) is 16.5. The highest BCUT2D eigenvalue weighted by Gasteiger charge is 2.55. The Kier molecular flexibility index (Phi) is 8.47. The molecular weight excluding hydrogens is 602 g/mol. The third-order valence-electron chi connectivity index (χ3n) is 9.76. The zero-order valence-electron chi connectivity index (χ0n) is 25.9. The van der Waals surface area contributed by atoms with E-state index >= 15 is 0 Å². The number of halogens is 1. The van der Waals surface area contributed by atoms with Crippen LogP contribution in [0.5, 0.6) is 11.5 Å². The average molecular weight is 640 g/mol. The average Bonchev–Trinajstić information content (AvgIpc) is 3.47. The summed E-state index contributed by atoms with van der Waals surface area (Å²) in [6.45, 7) is 2.80. The van der Waals surface area contributed by atoms with E-state index in [1.165, 1.54) is 19.3 Å². The van der Waals surface area contributed by atoms with E-state index in [-0.39, 0.29) is 29.7 Å². The number of carbonyl (C=O) groups excluding carboxylic acids is 2. The summed E-state index contributed by atoms with van der Waals surface area (Å²) in [5, 5.41) is 10.4. The third kappa shape index (κ3) is 6.10. The Morgan fingerprint density at radius 1 is 0.870 bits per heavy atom. The first-order valence-electron chi connectivity index (χ1n) is 16.2. The van der Waals surface area contributed by atoms with Crippen LogP contribution < -0.4 is 20.1 Å². The summed E-state index contributed by atoms with van der Waals surface area (Å²) < 4.78 is 18.4. The van der Waals surface area contributed by atoms with Crippen molar-refractivity contribution in [3.8, 4) is 22.8 Å². The highest BCUT2D eigenvalue weighted by Crippen LogP contribution is 2.60. The van der Waals surface area contributed by atoms with Gasteiger partial charge in [0, 0.05) is 12.6 Å². The topological polar surface area (TPSA) is 103 Å². The van der Waals surface area contributed by atoms with Crippen molar-refractivity contribution in [1.29, 1.82) is 0 Å². The van der Waals surface area contributed by atoms with Gasteiger partial charge in [0.1, 0.15) is 30.4 Å². The second-order valence-corrected chi connectivity index (χ2v) is 13.5. The number of benzene rings is 3. The second-order valence-electron chi connectivity index (χ2n) is 13.1. The summed E-state index contributed by atoms with van der Waals surface area (Å²) in [5.74, 6) is 2.31. The standard InChI is InChI=1S/C37H38ClN3O5/c1-2-39-35(42)33-32(40-36(43)37-18-25-13-26(19-37)15-27(14-25)20-37)34(46-41-33)28-16-29(38)31(45-22-24-11-7-4-8-12-24)17-30(28)44-21-23-9-5-3-6-10-23/h3-12,16-17,25-27H,2,13-15,18-22H2,1H3,(H,39,42)(H,40,43). The molecule has 4 aromatic rings. The number of nitrogens with one attached hydrogen (secondary N) is 2. The van der Waals surface area contributed by atoms with Crippen molar-refractivity contribution in [3.05, 3.63) is 94.6 Å². The highest BCUT2D eigenvalue weighted by molar-refractivity contribution is 6.32. The Labute approximate surface area is 273 Å². The van der Waals surface area contributed by atoms with E-state index in [0.29, 0.717) is 53.0 Å². The predicted molar refractivity (Wildman–Crippen MR) is 176 cm³/mol. The van der Waals surface area contributed by atoms with Crippen molar-refractivity contribution in [2.75, 3.05) is 11.9 Å². The molecule has 0 radical (unpaired) electrons. The molecule has 1 aromatic heterocycles. The van der Waals surface area contributed by atoms with Gasteiger partial charge in [-0.15, -0.1) is 0 Å². The van der Waals surface area contributed by atoms with Crippen LogP contribution >= 0.6 is 11.6 Å². The minimum atomic E-state index is -0.443. The Hall–Kier alpha value is -4.30. The molecule has 238 valence electrons. The van der Waals surface area contributed by atoms with E-state index in [2.05, 4.69) is 15.8 Å². The molecule has 4 fully saturated rings. The fraction of sp³-hybridized carbons (Fsp3) is 0.378. The van der Waals surface area contributed by atoms with Crippen LogP contribution in [0.2, 0.25) is 5.02 Å². The molecule has 2 N–H and O–H groups in total. The number of amides is 2. The Morgan fingerprint density at radius 3 is 2.00 bits per heavy atom. The highest BCUT2D eigenvalue weighted by atomic mass is 35.5. The van der Waals surface area contributed by atoms with Crippen molar-refractivity contribution >= 4 is 29.1 Å². The number of nitrogens with zero attached hydrogens (tertiary/aromatic N) is 1. The minimum Gasteiger partial charge on any atom is -0.488 e. The predicted octanol–water partition coefficient (Wildman–Crippen LogP) is 8.06. The number of hydrogen-bond acceptors (Lipinski definition) is 6. The lowest BCUT2D eigenvalue weighted by Crippen LogP contribution is -2.51. The SMILES string of the molecule is CCNC(=O)c1noc(-c2cc(Cl)c(OCc3ccccc3)cc2OCc2ccccc2)c1NC(=O)C12CC3CC(CC(C3)C1)C2. The molecular formula is C37H38ClN3O5. The molecule has 8 nitrogen and oxygen atoms in total. The summed E-state index contributed by atoms with van der Waals surface area (Å²) >= 11 is 6.81. The van der Waals surface area contributed by atoms with Gasteiger partial charge in [0.2, 0.25) is 5.91 Å². The van der Waals surface area contributed by atoms with Crippen LogP contribution in [0.4, 0.5) is 5.69 Å². The van der Waals surface area contributed by atoms with Gasteiger partial charge >= 0.3 is 0 Å². The fourth-order valence-corrected chi connectivity index (χ4v) is 8.26. The number of carbonyl (C=O) groups is 2. The van der Waals surface area contributed by atoms with E-state index in [0.717, 1.165) is 30.4 Å². The number of rotatable bonds is 11. The van der Waals surface area contributed by atoms with Gasteiger partial charge in [-0.2, -0.15) is 0 Å². The van der Waals surface area contributed by atoms with Gasteiger partial charge in [0.15, 0.2) is 11.5 Å². The lowest BCUT2D eigenvalue weighted by molar-refractivity contribution is -0.140. The molecule has 0 spiro atoms. The monoisotopic (exact) mass is 639 g/mol. The van der Waals surface area contributed by atoms with Crippen molar-refractivity contribution < 1.29 is 23.6 Å². The maximum Gasteiger partial charge on any atom is 0.275 e. The summed E-state index contributed by atoms with van der Waals surface area (Å²) in [6, 6.07) is 23.0. The Bertz CT molecular complexity index is 1690. The summed E-state index contributed by atoms with van der Waals surface area (Å²) in [6.07, 6.45) is 6.30. The van der Waals surface area contributed by atoms with E-state index in [4.69, 9.17) is 25.6 Å². The quantitative estimate of drug-likeness (QED) is 0.172. The van der Waals surface area contributed by atoms with Gasteiger partial charge < -0.3 is 24.6 Å². The van der Waals surface area contributed by atoms with Crippen molar-refractivity contribution in [3.63, 3.8) is 0 Å². The van der Waals surface area contributed by atoms with Gasteiger partial charge in [-0.25, -0.2) is 0 Å². The Balaban J connectivity index is 1.26. The van der Waals surface area contributed by atoms with Crippen molar-refractivity contribution in [2.24, 2.45) is 23.2 Å². The summed E-state index contributed by atoms with van der Waals surface area (Å²) in [5.41, 5.74) is 2.21. The number of anilines is 1. The van der Waals surface area contributed by atoms with Crippen LogP contribution in [-0.4, -0.2) is 23.5 Å². The molecule has 4 aliphatic carbocycles. The molecule has 8 rings (SSSR count). The lowest BCUT2D eigenvalue weighted by Gasteiger charge is -2.55. The van der Waals surface area contributed by atoms with Crippen LogP contribution in [-0.2, 0) is 18.0 Å². The van der Waals surface area contributed by atoms with Crippen molar-refractivity contribution in [1.82, 2.24) is 10.5 Å². The van der Waals surface area contributed by atoms with Crippen LogP contribution in [0, 0.1) is 23.2 Å². The van der Waals surface area contributed by atoms with E-state index in [9.17, 15) is 9.59 Å². The molecule has 0 unspecified atom stereocenters. The van der Waals surface area contributed by atoms with Crippen LogP contribution in [0.1, 0.15) is 67.1 Å². The van der Waals surface area contributed by atoms with Gasteiger partial charge in [-0.05, 0) is 80.4 Å². The van der Waals surface area contributed by atoms with Crippen molar-refractivity contribution in [2.45, 2.75) is 58.7 Å². The van der Waals surface area contributed by atoms with Gasteiger partial charge in [-0.3, -0.25) is 9.59 Å². The van der Waals surface area contributed by atoms with E-state index in [1.807, 2.05) is 67.6 Å². The number of hydrogen-bond donors (Lipinski definition) is 2.